The molecule has 21 heavy (non-hydrogen) atoms. The summed E-state index contributed by atoms with van der Waals surface area (Å²) in [5.41, 5.74) is 7.55. The van der Waals surface area contributed by atoms with Crippen LogP contribution in [0, 0.1) is 5.92 Å². The molecule has 5 heteroatoms. The molecule has 1 aromatic rings. The van der Waals surface area contributed by atoms with Crippen LogP contribution < -0.4 is 15.8 Å². The van der Waals surface area contributed by atoms with Gasteiger partial charge in [0.1, 0.15) is 0 Å². The third kappa shape index (κ3) is 4.72. The number of hydrogen-bond donors (Lipinski definition) is 2. The first-order valence-corrected chi connectivity index (χ1v) is 7.63. The number of piperazine rings is 1. The molecule has 0 aliphatic carbocycles. The second-order valence-corrected chi connectivity index (χ2v) is 6.07. The molecule has 0 unspecified atom stereocenters. The van der Waals surface area contributed by atoms with Gasteiger partial charge < -0.3 is 9.80 Å². The fourth-order valence-corrected chi connectivity index (χ4v) is 2.30. The van der Waals surface area contributed by atoms with Gasteiger partial charge in [-0.2, -0.15) is 0 Å². The maximum atomic E-state index is 12.0. The molecule has 2 rings (SSSR count). The van der Waals surface area contributed by atoms with E-state index in [-0.39, 0.29) is 5.91 Å². The highest BCUT2D eigenvalue weighted by Crippen LogP contribution is 2.16. The summed E-state index contributed by atoms with van der Waals surface area (Å²) in [5, 5.41) is 0. The van der Waals surface area contributed by atoms with Gasteiger partial charge in [0.25, 0.3) is 5.91 Å². The first kappa shape index (κ1) is 15.8. The topological polar surface area (TPSA) is 47.6 Å². The summed E-state index contributed by atoms with van der Waals surface area (Å²) in [6, 6.07) is 7.84. The average molecular weight is 290 g/mol. The molecule has 0 aromatic heterocycles. The number of nitrogens with zero attached hydrogens (tertiary/aromatic N) is 2. The van der Waals surface area contributed by atoms with E-state index in [1.54, 1.807) is 0 Å². The number of amides is 1. The Morgan fingerprint density at radius 2 is 1.76 bits per heavy atom. The summed E-state index contributed by atoms with van der Waals surface area (Å²) in [6.45, 7) is 9.22. The lowest BCUT2D eigenvalue weighted by atomic mass is 10.1. The van der Waals surface area contributed by atoms with E-state index in [9.17, 15) is 4.79 Å². The molecule has 0 atom stereocenters. The maximum absolute atomic E-state index is 12.0. The Morgan fingerprint density at radius 3 is 2.33 bits per heavy atom. The Balaban J connectivity index is 1.88. The maximum Gasteiger partial charge on any atom is 0.265 e. The number of carbonyl (C=O) groups is 1. The zero-order chi connectivity index (χ0) is 15.2. The van der Waals surface area contributed by atoms with E-state index in [0.717, 1.165) is 32.7 Å². The Kier molecular flexibility index (Phi) is 5.59. The third-order valence-corrected chi connectivity index (χ3v) is 3.71. The molecule has 1 amide bonds. The van der Waals surface area contributed by atoms with E-state index in [4.69, 9.17) is 0 Å². The number of carbonyl (C=O) groups excluding carboxylic acids is 1. The number of hydrazine groups is 1. The van der Waals surface area contributed by atoms with Gasteiger partial charge in [-0.05, 0) is 37.2 Å². The van der Waals surface area contributed by atoms with Gasteiger partial charge in [-0.25, -0.2) is 5.43 Å². The van der Waals surface area contributed by atoms with Crippen LogP contribution in [0.5, 0.6) is 0 Å². The number of nitrogens with one attached hydrogen (secondary N) is 2. The minimum atomic E-state index is -0.0828. The van der Waals surface area contributed by atoms with E-state index in [2.05, 4.69) is 41.5 Å². The van der Waals surface area contributed by atoms with Crippen LogP contribution in [-0.4, -0.2) is 50.6 Å². The fraction of sp³-hybridized carbons (Fsp3) is 0.562. The van der Waals surface area contributed by atoms with Gasteiger partial charge in [0.05, 0.1) is 0 Å². The molecule has 1 aromatic carbocycles. The molecule has 1 aliphatic heterocycles. The highest BCUT2D eigenvalue weighted by atomic mass is 16.2. The van der Waals surface area contributed by atoms with E-state index >= 15 is 0 Å². The largest absolute Gasteiger partial charge is 0.369 e. The van der Waals surface area contributed by atoms with E-state index in [1.165, 1.54) is 5.69 Å². The van der Waals surface area contributed by atoms with Gasteiger partial charge in [-0.1, -0.05) is 13.8 Å². The minimum absolute atomic E-state index is 0.0828. The van der Waals surface area contributed by atoms with Crippen LogP contribution in [0.15, 0.2) is 24.3 Å². The first-order valence-electron chi connectivity index (χ1n) is 7.63. The first-order chi connectivity index (χ1) is 10.1. The van der Waals surface area contributed by atoms with E-state index < -0.39 is 0 Å². The molecule has 0 radical (unpaired) electrons. The predicted molar refractivity (Wildman–Crippen MR) is 86.5 cm³/mol. The summed E-state index contributed by atoms with van der Waals surface area (Å²) in [4.78, 5) is 16.7. The second-order valence-electron chi connectivity index (χ2n) is 6.07. The molecular weight excluding hydrogens is 264 g/mol. The van der Waals surface area contributed by atoms with Crippen molar-refractivity contribution in [2.45, 2.75) is 13.8 Å². The van der Waals surface area contributed by atoms with E-state index in [1.807, 2.05) is 24.3 Å². The SMILES string of the molecule is CC(C)CNNC(=O)c1ccc(N2CCN(C)CC2)cc1. The number of rotatable bonds is 5. The number of anilines is 1. The number of likely N-dealkylation sites (N-methyl/N-ethyl adjacent to an activating group) is 1. The van der Waals surface area contributed by atoms with Crippen molar-refractivity contribution in [3.63, 3.8) is 0 Å². The molecule has 1 fully saturated rings. The highest BCUT2D eigenvalue weighted by molar-refractivity contribution is 5.94. The lowest BCUT2D eigenvalue weighted by Crippen LogP contribution is -2.44. The molecule has 0 bridgehead atoms. The summed E-state index contributed by atoms with van der Waals surface area (Å²) in [5.74, 6) is 0.422. The van der Waals surface area contributed by atoms with Gasteiger partial charge in [0.2, 0.25) is 0 Å². The molecular formula is C16H26N4O. The zero-order valence-electron chi connectivity index (χ0n) is 13.2. The van der Waals surface area contributed by atoms with Crippen molar-refractivity contribution >= 4 is 11.6 Å². The fourth-order valence-electron chi connectivity index (χ4n) is 2.30. The van der Waals surface area contributed by atoms with Crippen molar-refractivity contribution in [3.8, 4) is 0 Å². The normalized spacial score (nSPS) is 16.3. The number of benzene rings is 1. The van der Waals surface area contributed by atoms with Crippen LogP contribution in [-0.2, 0) is 0 Å². The van der Waals surface area contributed by atoms with Crippen LogP contribution in [0.1, 0.15) is 24.2 Å². The lowest BCUT2D eigenvalue weighted by Gasteiger charge is -2.34. The lowest BCUT2D eigenvalue weighted by molar-refractivity contribution is 0.0931. The second kappa shape index (κ2) is 7.43. The molecule has 0 spiro atoms. The van der Waals surface area contributed by atoms with Crippen LogP contribution >= 0.6 is 0 Å². The Hall–Kier alpha value is -1.59. The molecule has 2 N–H and O–H groups in total. The standard InChI is InChI=1S/C16H26N4O/c1-13(2)12-17-18-16(21)14-4-6-15(7-5-14)20-10-8-19(3)9-11-20/h4-7,13,17H,8-12H2,1-3H3,(H,18,21). The quantitative estimate of drug-likeness (QED) is 0.803. The monoisotopic (exact) mass is 290 g/mol. The van der Waals surface area contributed by atoms with Crippen LogP contribution in [0.3, 0.4) is 0 Å². The van der Waals surface area contributed by atoms with Crippen LogP contribution in [0.25, 0.3) is 0 Å². The van der Waals surface area contributed by atoms with Crippen LogP contribution in [0.2, 0.25) is 0 Å². The number of hydrogen-bond acceptors (Lipinski definition) is 4. The summed E-state index contributed by atoms with van der Waals surface area (Å²) in [7, 11) is 2.15. The average Bonchev–Trinajstić information content (AvgIpc) is 2.48. The Bertz CT molecular complexity index is 450. The van der Waals surface area contributed by atoms with E-state index in [0.29, 0.717) is 11.5 Å². The zero-order valence-corrected chi connectivity index (χ0v) is 13.2. The van der Waals surface area contributed by atoms with Crippen molar-refractivity contribution in [1.82, 2.24) is 15.8 Å². The summed E-state index contributed by atoms with van der Waals surface area (Å²) >= 11 is 0. The molecule has 1 saturated heterocycles. The van der Waals surface area contributed by atoms with Gasteiger partial charge in [-0.15, -0.1) is 0 Å². The van der Waals surface area contributed by atoms with Crippen LogP contribution in [0.4, 0.5) is 5.69 Å². The predicted octanol–water partition coefficient (Wildman–Crippen LogP) is 1.33. The van der Waals surface area contributed by atoms with Crippen molar-refractivity contribution in [2.75, 3.05) is 44.7 Å². The van der Waals surface area contributed by atoms with Gasteiger partial charge in [0, 0.05) is 44.0 Å². The molecule has 1 aliphatic rings. The smallest absolute Gasteiger partial charge is 0.265 e. The third-order valence-electron chi connectivity index (χ3n) is 3.71. The van der Waals surface area contributed by atoms with Crippen molar-refractivity contribution < 1.29 is 4.79 Å². The van der Waals surface area contributed by atoms with Gasteiger partial charge in [0.15, 0.2) is 0 Å². The Labute approximate surface area is 127 Å². The van der Waals surface area contributed by atoms with Crippen molar-refractivity contribution in [3.05, 3.63) is 29.8 Å². The van der Waals surface area contributed by atoms with Crippen molar-refractivity contribution in [2.24, 2.45) is 5.92 Å². The van der Waals surface area contributed by atoms with Gasteiger partial charge in [-0.3, -0.25) is 10.2 Å². The van der Waals surface area contributed by atoms with Gasteiger partial charge >= 0.3 is 0 Å². The van der Waals surface area contributed by atoms with Crippen molar-refractivity contribution in [1.29, 1.82) is 0 Å². The summed E-state index contributed by atoms with van der Waals surface area (Å²) in [6.07, 6.45) is 0. The molecule has 116 valence electrons. The summed E-state index contributed by atoms with van der Waals surface area (Å²) < 4.78 is 0. The minimum Gasteiger partial charge on any atom is -0.369 e. The molecule has 5 nitrogen and oxygen atoms in total. The Morgan fingerprint density at radius 1 is 1.14 bits per heavy atom. The molecule has 1 heterocycles. The highest BCUT2D eigenvalue weighted by Gasteiger charge is 2.14. The molecule has 0 saturated carbocycles.